The van der Waals surface area contributed by atoms with Crippen molar-refractivity contribution in [3.63, 3.8) is 0 Å². The Morgan fingerprint density at radius 2 is 1.54 bits per heavy atom. The lowest BCUT2D eigenvalue weighted by Crippen LogP contribution is -2.59. The first kappa shape index (κ1) is 35.7. The minimum atomic E-state index is -1.34. The normalized spacial score (nSPS) is 14.3. The SMILES string of the molecule is CC(C)NC(=O)NCc1ccccc1-c1ccc(CN2C(=O)[C@H](NC(=O)C(C)(C)NC(=O)OCc3ccccc3)CCc3ccccc32)cc1. The topological polar surface area (TPSA) is 129 Å². The highest BCUT2D eigenvalue weighted by Gasteiger charge is 2.36. The monoisotopic (exact) mass is 675 g/mol. The minimum Gasteiger partial charge on any atom is -0.445 e. The molecule has 0 bridgehead atoms. The number of ether oxygens (including phenoxy) is 1. The molecule has 0 radical (unpaired) electrons. The summed E-state index contributed by atoms with van der Waals surface area (Å²) in [6.07, 6.45) is 0.273. The van der Waals surface area contributed by atoms with Crippen LogP contribution in [-0.4, -0.2) is 41.6 Å². The van der Waals surface area contributed by atoms with Crippen LogP contribution in [-0.2, 0) is 40.4 Å². The molecule has 5 amide bonds. The van der Waals surface area contributed by atoms with Crippen molar-refractivity contribution in [3.05, 3.63) is 125 Å². The number of nitrogens with zero attached hydrogens (tertiary/aromatic N) is 1. The number of hydrogen-bond acceptors (Lipinski definition) is 5. The van der Waals surface area contributed by atoms with E-state index in [2.05, 4.69) is 21.3 Å². The largest absolute Gasteiger partial charge is 0.445 e. The van der Waals surface area contributed by atoms with E-state index in [1.54, 1.807) is 18.7 Å². The third-order valence-electron chi connectivity index (χ3n) is 8.53. The van der Waals surface area contributed by atoms with Gasteiger partial charge in [-0.05, 0) is 80.0 Å². The van der Waals surface area contributed by atoms with E-state index in [1.807, 2.05) is 117 Å². The minimum absolute atomic E-state index is 0.0392. The van der Waals surface area contributed by atoms with E-state index in [9.17, 15) is 19.2 Å². The molecule has 4 N–H and O–H groups in total. The molecule has 10 nitrogen and oxygen atoms in total. The van der Waals surface area contributed by atoms with Crippen molar-refractivity contribution < 1.29 is 23.9 Å². The van der Waals surface area contributed by atoms with E-state index >= 15 is 0 Å². The predicted molar refractivity (Wildman–Crippen MR) is 194 cm³/mol. The molecular weight excluding hydrogens is 630 g/mol. The Labute approximate surface area is 293 Å². The second-order valence-corrected chi connectivity index (χ2v) is 13.3. The van der Waals surface area contributed by atoms with Crippen molar-refractivity contribution >= 4 is 29.6 Å². The molecule has 0 aliphatic carbocycles. The lowest BCUT2D eigenvalue weighted by Gasteiger charge is -2.30. The summed E-state index contributed by atoms with van der Waals surface area (Å²) >= 11 is 0. The maximum Gasteiger partial charge on any atom is 0.408 e. The van der Waals surface area contributed by atoms with E-state index < -0.39 is 23.6 Å². The van der Waals surface area contributed by atoms with E-state index in [-0.39, 0.29) is 24.6 Å². The van der Waals surface area contributed by atoms with Crippen LogP contribution in [0.3, 0.4) is 0 Å². The number of nitrogens with one attached hydrogen (secondary N) is 4. The van der Waals surface area contributed by atoms with Gasteiger partial charge in [-0.1, -0.05) is 97.1 Å². The number of alkyl carbamates (subject to hydrolysis) is 1. The number of carbonyl (C=O) groups excluding carboxylic acids is 4. The number of hydrogen-bond donors (Lipinski definition) is 4. The molecule has 0 saturated carbocycles. The molecule has 260 valence electrons. The van der Waals surface area contributed by atoms with E-state index in [1.165, 1.54) is 0 Å². The van der Waals surface area contributed by atoms with E-state index in [4.69, 9.17) is 4.74 Å². The van der Waals surface area contributed by atoms with Gasteiger partial charge in [0, 0.05) is 18.3 Å². The number of carbonyl (C=O) groups is 4. The van der Waals surface area contributed by atoms with Crippen molar-refractivity contribution in [3.8, 4) is 11.1 Å². The number of anilines is 1. The summed E-state index contributed by atoms with van der Waals surface area (Å²) in [5.41, 5.74) is 5.19. The van der Waals surface area contributed by atoms with Gasteiger partial charge in [-0.3, -0.25) is 9.59 Å². The van der Waals surface area contributed by atoms with E-state index in [0.717, 1.165) is 39.1 Å². The van der Waals surface area contributed by atoms with Gasteiger partial charge in [-0.2, -0.15) is 0 Å². The van der Waals surface area contributed by atoms with Crippen LogP contribution in [0.15, 0.2) is 103 Å². The van der Waals surface area contributed by atoms with Crippen LogP contribution >= 0.6 is 0 Å². The molecule has 4 aromatic rings. The average Bonchev–Trinajstić information content (AvgIpc) is 3.23. The zero-order valence-electron chi connectivity index (χ0n) is 29.0. The Kier molecular flexibility index (Phi) is 11.5. The third-order valence-corrected chi connectivity index (χ3v) is 8.53. The molecule has 0 spiro atoms. The number of rotatable bonds is 11. The van der Waals surface area contributed by atoms with Crippen molar-refractivity contribution in [2.75, 3.05) is 4.90 Å². The molecular formula is C40H45N5O5. The van der Waals surface area contributed by atoms with Gasteiger partial charge >= 0.3 is 12.1 Å². The van der Waals surface area contributed by atoms with Gasteiger partial charge in [0.15, 0.2) is 0 Å². The van der Waals surface area contributed by atoms with Gasteiger partial charge in [-0.15, -0.1) is 0 Å². The summed E-state index contributed by atoms with van der Waals surface area (Å²) in [7, 11) is 0. The van der Waals surface area contributed by atoms with Crippen molar-refractivity contribution in [1.82, 2.24) is 21.3 Å². The average molecular weight is 676 g/mol. The summed E-state index contributed by atoms with van der Waals surface area (Å²) < 4.78 is 5.32. The molecule has 10 heteroatoms. The molecule has 50 heavy (non-hydrogen) atoms. The Balaban J connectivity index is 1.27. The van der Waals surface area contributed by atoms with Crippen LogP contribution in [0.2, 0.25) is 0 Å². The summed E-state index contributed by atoms with van der Waals surface area (Å²) in [5, 5.41) is 11.3. The Morgan fingerprint density at radius 3 is 2.28 bits per heavy atom. The van der Waals surface area contributed by atoms with Crippen LogP contribution in [0.5, 0.6) is 0 Å². The molecule has 0 aromatic heterocycles. The third kappa shape index (κ3) is 9.28. The fourth-order valence-corrected chi connectivity index (χ4v) is 5.84. The lowest BCUT2D eigenvalue weighted by atomic mass is 9.98. The first-order chi connectivity index (χ1) is 24.0. The lowest BCUT2D eigenvalue weighted by molar-refractivity contribution is -0.131. The van der Waals surface area contributed by atoms with Crippen LogP contribution in [0.1, 0.15) is 56.4 Å². The van der Waals surface area contributed by atoms with Crippen molar-refractivity contribution in [1.29, 1.82) is 0 Å². The molecule has 4 aromatic carbocycles. The van der Waals surface area contributed by atoms with Crippen LogP contribution < -0.4 is 26.2 Å². The molecule has 1 aliphatic rings. The second-order valence-electron chi connectivity index (χ2n) is 13.3. The van der Waals surface area contributed by atoms with Gasteiger partial charge in [0.1, 0.15) is 18.2 Å². The first-order valence-electron chi connectivity index (χ1n) is 16.9. The molecule has 1 atom stereocenters. The zero-order valence-corrected chi connectivity index (χ0v) is 29.0. The fraction of sp³-hybridized carbons (Fsp3) is 0.300. The van der Waals surface area contributed by atoms with Gasteiger partial charge in [0.2, 0.25) is 11.8 Å². The fourth-order valence-electron chi connectivity index (χ4n) is 5.84. The molecule has 0 fully saturated rings. The highest BCUT2D eigenvalue weighted by molar-refractivity contribution is 6.01. The Morgan fingerprint density at radius 1 is 0.860 bits per heavy atom. The summed E-state index contributed by atoms with van der Waals surface area (Å²) in [4.78, 5) is 54.1. The molecule has 1 heterocycles. The van der Waals surface area contributed by atoms with E-state index in [0.29, 0.717) is 25.9 Å². The maximum absolute atomic E-state index is 14.1. The number of urea groups is 1. The highest BCUT2D eigenvalue weighted by atomic mass is 16.5. The zero-order chi connectivity index (χ0) is 35.7. The van der Waals surface area contributed by atoms with Gasteiger partial charge in [0.05, 0.1) is 6.54 Å². The van der Waals surface area contributed by atoms with Gasteiger partial charge in [0.25, 0.3) is 0 Å². The quantitative estimate of drug-likeness (QED) is 0.150. The summed E-state index contributed by atoms with van der Waals surface area (Å²) in [5.74, 6) is -0.719. The smallest absolute Gasteiger partial charge is 0.408 e. The number of amides is 5. The van der Waals surface area contributed by atoms with Gasteiger partial charge < -0.3 is 30.9 Å². The van der Waals surface area contributed by atoms with Crippen molar-refractivity contribution in [2.24, 2.45) is 0 Å². The summed E-state index contributed by atoms with van der Waals surface area (Å²) in [6, 6.07) is 32.0. The number of aryl methyl sites for hydroxylation is 1. The van der Waals surface area contributed by atoms with Gasteiger partial charge in [-0.25, -0.2) is 9.59 Å². The highest BCUT2D eigenvalue weighted by Crippen LogP contribution is 2.30. The van der Waals surface area contributed by atoms with Crippen molar-refractivity contribution in [2.45, 2.75) is 77.9 Å². The van der Waals surface area contributed by atoms with Crippen LogP contribution in [0.4, 0.5) is 15.3 Å². The molecule has 1 aliphatic heterocycles. The van der Waals surface area contributed by atoms with Crippen LogP contribution in [0.25, 0.3) is 11.1 Å². The molecule has 0 saturated heterocycles. The molecule has 5 rings (SSSR count). The number of benzene rings is 4. The first-order valence-corrected chi connectivity index (χ1v) is 16.9. The van der Waals surface area contributed by atoms with Crippen LogP contribution in [0, 0.1) is 0 Å². The predicted octanol–water partition coefficient (Wildman–Crippen LogP) is 6.23. The standard InChI is InChI=1S/C40H45N5O5/c1-27(2)42-38(48)41-24-32-15-8-10-16-33(32)30-20-18-28(19-21-30)25-45-35-17-11-9-14-31(35)22-23-34(36(45)46)43-37(47)40(3,4)44-39(49)50-26-29-12-6-5-7-13-29/h5-21,27,34H,22-26H2,1-4H3,(H,43,47)(H,44,49)(H2,41,42,48)/t34-/m1/s1. The Bertz CT molecular complexity index is 1810. The summed E-state index contributed by atoms with van der Waals surface area (Å²) in [6.45, 7) is 7.73. The number of para-hydroxylation sites is 1. The molecule has 0 unspecified atom stereocenters. The number of fused-ring (bicyclic) bond motifs is 1. The maximum atomic E-state index is 14.1. The second kappa shape index (κ2) is 16.2. The Hall–Kier alpha value is -5.64.